The Morgan fingerprint density at radius 3 is 2.38 bits per heavy atom. The Hall–Kier alpha value is -1.52. The van der Waals surface area contributed by atoms with E-state index >= 15 is 0 Å². The molecule has 0 bridgehead atoms. The van der Waals surface area contributed by atoms with Crippen LogP contribution in [0.25, 0.3) is 0 Å². The first-order valence-electron chi connectivity index (χ1n) is 7.09. The van der Waals surface area contributed by atoms with Crippen LogP contribution in [0.15, 0.2) is 24.3 Å². The average Bonchev–Trinajstić information content (AvgIpc) is 2.74. The van der Waals surface area contributed by atoms with Crippen LogP contribution in [0.2, 0.25) is 5.02 Å². The summed E-state index contributed by atoms with van der Waals surface area (Å²) in [7, 11) is 5.85. The van der Waals surface area contributed by atoms with Crippen LogP contribution in [0.5, 0.6) is 0 Å². The summed E-state index contributed by atoms with van der Waals surface area (Å²) in [4.78, 5) is 2.03. The Morgan fingerprint density at radius 1 is 1.29 bits per heavy atom. The molecular weight excluding hydrogens is 286 g/mol. The first kappa shape index (κ1) is 15.9. The van der Waals surface area contributed by atoms with Gasteiger partial charge in [0.25, 0.3) is 0 Å². The normalized spacial score (nSPS) is 12.5. The van der Waals surface area contributed by atoms with Gasteiger partial charge in [0.2, 0.25) is 0 Å². The molecular formula is C16H22ClN3O. The van der Waals surface area contributed by atoms with Crippen molar-refractivity contribution >= 4 is 17.3 Å². The Balaban J connectivity index is 2.18. The summed E-state index contributed by atoms with van der Waals surface area (Å²) in [5, 5.41) is 15.5. The van der Waals surface area contributed by atoms with Gasteiger partial charge in [0.05, 0.1) is 22.5 Å². The largest absolute Gasteiger partial charge is 0.388 e. The van der Waals surface area contributed by atoms with Gasteiger partial charge in [-0.05, 0) is 24.1 Å². The number of aliphatic hydroxyl groups is 1. The van der Waals surface area contributed by atoms with Crippen LogP contribution in [0.3, 0.4) is 0 Å². The van der Waals surface area contributed by atoms with Crippen molar-refractivity contribution in [2.75, 3.05) is 19.0 Å². The van der Waals surface area contributed by atoms with Crippen molar-refractivity contribution in [2.45, 2.75) is 25.9 Å². The second-order valence-electron chi connectivity index (χ2n) is 5.39. The molecule has 2 aromatic rings. The number of aryl methyl sites for hydroxylation is 2. The minimum atomic E-state index is -0.584. The summed E-state index contributed by atoms with van der Waals surface area (Å²) in [6, 6.07) is 7.90. The highest BCUT2D eigenvalue weighted by molar-refractivity contribution is 6.31. The molecule has 114 valence electrons. The van der Waals surface area contributed by atoms with Crippen molar-refractivity contribution in [1.29, 1.82) is 0 Å². The van der Waals surface area contributed by atoms with Crippen molar-refractivity contribution in [3.8, 4) is 0 Å². The van der Waals surface area contributed by atoms with Crippen molar-refractivity contribution < 1.29 is 5.11 Å². The van der Waals surface area contributed by atoms with E-state index in [1.54, 1.807) is 4.68 Å². The van der Waals surface area contributed by atoms with E-state index in [0.29, 0.717) is 11.4 Å². The molecule has 5 heteroatoms. The number of halogens is 1. The summed E-state index contributed by atoms with van der Waals surface area (Å²) in [6.07, 6.45) is 0.669. The molecule has 1 aromatic heterocycles. The molecule has 0 aliphatic heterocycles. The SMILES string of the molecule is CCc1nn(C)c(CC(O)c2ccc(N(C)C)cc2)c1Cl. The van der Waals surface area contributed by atoms with Gasteiger partial charge in [-0.2, -0.15) is 5.10 Å². The summed E-state index contributed by atoms with van der Waals surface area (Å²) in [6.45, 7) is 2.02. The number of hydrogen-bond donors (Lipinski definition) is 1. The standard InChI is InChI=1S/C16H22ClN3O/c1-5-13-16(17)14(20(4)18-13)10-15(21)11-6-8-12(9-7-11)19(2)3/h6-9,15,21H,5,10H2,1-4H3. The summed E-state index contributed by atoms with van der Waals surface area (Å²) >= 11 is 6.33. The number of hydrogen-bond acceptors (Lipinski definition) is 3. The molecule has 1 aromatic carbocycles. The molecule has 1 N–H and O–H groups in total. The zero-order chi connectivity index (χ0) is 15.6. The maximum absolute atomic E-state index is 10.4. The first-order valence-corrected chi connectivity index (χ1v) is 7.47. The molecule has 21 heavy (non-hydrogen) atoms. The number of rotatable bonds is 5. The van der Waals surface area contributed by atoms with Gasteiger partial charge in [0.1, 0.15) is 0 Å². The summed E-state index contributed by atoms with van der Waals surface area (Å²) in [5.74, 6) is 0. The highest BCUT2D eigenvalue weighted by Gasteiger charge is 2.17. The lowest BCUT2D eigenvalue weighted by molar-refractivity contribution is 0.176. The lowest BCUT2D eigenvalue weighted by atomic mass is 10.0. The third-order valence-electron chi connectivity index (χ3n) is 3.68. The van der Waals surface area contributed by atoms with E-state index in [0.717, 1.165) is 29.1 Å². The van der Waals surface area contributed by atoms with Crippen molar-refractivity contribution in [3.05, 3.63) is 46.2 Å². The van der Waals surface area contributed by atoms with Crippen LogP contribution >= 0.6 is 11.6 Å². The molecule has 1 atom stereocenters. The zero-order valence-electron chi connectivity index (χ0n) is 13.0. The topological polar surface area (TPSA) is 41.3 Å². The fraction of sp³-hybridized carbons (Fsp3) is 0.438. The highest BCUT2D eigenvalue weighted by Crippen LogP contribution is 2.27. The van der Waals surface area contributed by atoms with Crippen LogP contribution in [0.1, 0.15) is 30.0 Å². The van der Waals surface area contributed by atoms with Crippen molar-refractivity contribution in [3.63, 3.8) is 0 Å². The predicted molar refractivity (Wildman–Crippen MR) is 87.0 cm³/mol. The fourth-order valence-corrected chi connectivity index (χ4v) is 2.71. The van der Waals surface area contributed by atoms with Crippen LogP contribution in [-0.4, -0.2) is 29.0 Å². The van der Waals surface area contributed by atoms with E-state index in [1.807, 2.05) is 57.2 Å². The molecule has 0 aliphatic carbocycles. The monoisotopic (exact) mass is 307 g/mol. The number of nitrogens with zero attached hydrogens (tertiary/aromatic N) is 3. The van der Waals surface area contributed by atoms with Crippen LogP contribution in [0.4, 0.5) is 5.69 Å². The smallest absolute Gasteiger partial charge is 0.0850 e. The molecule has 0 spiro atoms. The van der Waals surface area contributed by atoms with E-state index < -0.39 is 6.10 Å². The van der Waals surface area contributed by atoms with E-state index in [2.05, 4.69) is 5.10 Å². The van der Waals surface area contributed by atoms with Gasteiger partial charge >= 0.3 is 0 Å². The van der Waals surface area contributed by atoms with E-state index in [9.17, 15) is 5.11 Å². The van der Waals surface area contributed by atoms with Gasteiger partial charge in [-0.1, -0.05) is 30.7 Å². The Labute approximate surface area is 131 Å². The molecule has 1 heterocycles. The highest BCUT2D eigenvalue weighted by atomic mass is 35.5. The van der Waals surface area contributed by atoms with Crippen molar-refractivity contribution in [2.24, 2.45) is 7.05 Å². The van der Waals surface area contributed by atoms with E-state index in [4.69, 9.17) is 11.6 Å². The minimum Gasteiger partial charge on any atom is -0.388 e. The molecule has 0 fully saturated rings. The minimum absolute atomic E-state index is 0.462. The second-order valence-corrected chi connectivity index (χ2v) is 5.77. The summed E-state index contributed by atoms with van der Waals surface area (Å²) < 4.78 is 1.76. The molecule has 0 saturated carbocycles. The molecule has 1 unspecified atom stereocenters. The Morgan fingerprint density at radius 2 is 1.90 bits per heavy atom. The van der Waals surface area contributed by atoms with Crippen LogP contribution in [-0.2, 0) is 19.9 Å². The fourth-order valence-electron chi connectivity index (χ4n) is 2.34. The van der Waals surface area contributed by atoms with Crippen LogP contribution in [0, 0.1) is 0 Å². The summed E-state index contributed by atoms with van der Waals surface area (Å²) in [5.41, 5.74) is 3.75. The van der Waals surface area contributed by atoms with Gasteiger partial charge in [0.15, 0.2) is 0 Å². The van der Waals surface area contributed by atoms with Gasteiger partial charge in [0, 0.05) is 33.3 Å². The van der Waals surface area contributed by atoms with Gasteiger partial charge in [-0.15, -0.1) is 0 Å². The van der Waals surface area contributed by atoms with Crippen molar-refractivity contribution in [1.82, 2.24) is 9.78 Å². The second kappa shape index (κ2) is 6.50. The quantitative estimate of drug-likeness (QED) is 0.923. The molecule has 0 amide bonds. The maximum Gasteiger partial charge on any atom is 0.0850 e. The molecule has 0 saturated heterocycles. The number of aliphatic hydroxyl groups excluding tert-OH is 1. The average molecular weight is 308 g/mol. The Kier molecular flexibility index (Phi) is 4.91. The predicted octanol–water partition coefficient (Wildman–Crippen LogP) is 2.98. The van der Waals surface area contributed by atoms with Gasteiger partial charge < -0.3 is 10.0 Å². The number of aromatic nitrogens is 2. The number of benzene rings is 1. The van der Waals surface area contributed by atoms with E-state index in [1.165, 1.54) is 0 Å². The lowest BCUT2D eigenvalue weighted by Crippen LogP contribution is -2.10. The third-order valence-corrected chi connectivity index (χ3v) is 4.12. The molecule has 0 radical (unpaired) electrons. The van der Waals surface area contributed by atoms with E-state index in [-0.39, 0.29) is 0 Å². The molecule has 4 nitrogen and oxygen atoms in total. The third kappa shape index (κ3) is 3.39. The zero-order valence-corrected chi connectivity index (χ0v) is 13.7. The Bertz CT molecular complexity index is 605. The van der Waals surface area contributed by atoms with Gasteiger partial charge in [-0.3, -0.25) is 4.68 Å². The molecule has 2 rings (SSSR count). The lowest BCUT2D eigenvalue weighted by Gasteiger charge is -2.15. The van der Waals surface area contributed by atoms with Crippen LogP contribution < -0.4 is 4.90 Å². The number of anilines is 1. The van der Waals surface area contributed by atoms with Gasteiger partial charge in [-0.25, -0.2) is 0 Å². The maximum atomic E-state index is 10.4. The molecule has 0 aliphatic rings. The first-order chi connectivity index (χ1) is 9.93.